The number of para-hydroxylation sites is 2. The van der Waals surface area contributed by atoms with Gasteiger partial charge in [-0.05, 0) is 60.2 Å². The number of fused-ring (bicyclic) bond motifs is 2. The second-order valence-corrected chi connectivity index (χ2v) is 8.92. The number of carboxylic acid groups (broad SMARTS) is 1. The normalized spacial score (nSPS) is 15.6. The molecule has 0 saturated carbocycles. The van der Waals surface area contributed by atoms with Crippen LogP contribution in [-0.4, -0.2) is 37.2 Å². The third-order valence-electron chi connectivity index (χ3n) is 6.88. The fourth-order valence-electron chi connectivity index (χ4n) is 4.78. The first kappa shape index (κ1) is 23.5. The van der Waals surface area contributed by atoms with Gasteiger partial charge < -0.3 is 25.3 Å². The van der Waals surface area contributed by atoms with Crippen LogP contribution in [0.1, 0.15) is 23.9 Å². The van der Waals surface area contributed by atoms with Gasteiger partial charge in [0.1, 0.15) is 17.0 Å². The van der Waals surface area contributed by atoms with Crippen molar-refractivity contribution in [1.29, 1.82) is 0 Å². The number of H-pyrrole nitrogens is 2. The Labute approximate surface area is 202 Å². The highest BCUT2D eigenvalue weighted by Gasteiger charge is 2.71. The Morgan fingerprint density at radius 3 is 1.92 bits per heavy atom. The fourth-order valence-corrected chi connectivity index (χ4v) is 4.78. The van der Waals surface area contributed by atoms with Gasteiger partial charge in [-0.1, -0.05) is 36.4 Å². The molecule has 0 aliphatic rings. The maximum atomic E-state index is 16.9. The molecule has 0 aliphatic carbocycles. The summed E-state index contributed by atoms with van der Waals surface area (Å²) in [7, 11) is 0. The molecule has 0 bridgehead atoms. The van der Waals surface area contributed by atoms with Gasteiger partial charge in [0, 0.05) is 22.3 Å². The van der Waals surface area contributed by atoms with Crippen molar-refractivity contribution in [3.63, 3.8) is 0 Å². The highest BCUT2D eigenvalue weighted by molar-refractivity contribution is 5.87. The average Bonchev–Trinajstić information content (AvgIpc) is 3.49. The molecule has 0 saturated heterocycles. The van der Waals surface area contributed by atoms with E-state index in [0.717, 1.165) is 25.1 Å². The summed E-state index contributed by atoms with van der Waals surface area (Å²) in [5.41, 5.74) is -7.27. The number of aromatic hydroxyl groups is 1. The van der Waals surface area contributed by atoms with E-state index in [2.05, 4.69) is 9.97 Å². The minimum absolute atomic E-state index is 0.231. The van der Waals surface area contributed by atoms with Gasteiger partial charge in [0.2, 0.25) is 0 Å². The molecule has 9 heteroatoms. The topological polar surface area (TPSA) is 109 Å². The van der Waals surface area contributed by atoms with Crippen LogP contribution < -0.4 is 0 Å². The second-order valence-electron chi connectivity index (χ2n) is 8.92. The summed E-state index contributed by atoms with van der Waals surface area (Å²) < 4.78 is 48.1. The minimum atomic E-state index is -4.56. The molecule has 2 atom stereocenters. The van der Waals surface area contributed by atoms with Crippen molar-refractivity contribution >= 4 is 27.8 Å². The van der Waals surface area contributed by atoms with Crippen LogP contribution in [0, 0.1) is 5.82 Å². The molecule has 0 spiro atoms. The summed E-state index contributed by atoms with van der Waals surface area (Å²) in [6.07, 6.45) is 0. The van der Waals surface area contributed by atoms with Crippen LogP contribution in [0.3, 0.4) is 0 Å². The highest BCUT2D eigenvalue weighted by Crippen LogP contribution is 2.56. The number of aliphatic hydroxyl groups is 1. The molecule has 3 aromatic carbocycles. The van der Waals surface area contributed by atoms with Gasteiger partial charge >= 0.3 is 11.9 Å². The lowest BCUT2D eigenvalue weighted by Gasteiger charge is -2.44. The Hall–Kier alpha value is -4.24. The van der Waals surface area contributed by atoms with E-state index < -0.39 is 45.7 Å². The Kier molecular flexibility index (Phi) is 5.15. The number of phenols is 1. The number of carbonyl (C=O) groups is 1. The SMILES string of the molecule is CC(c1cc2ccccc2[nH]1)(c1cc(F)ccc1O)C(F)(F)C(O)(C(=O)O)c1cc2ccccc2[nH]1. The molecule has 184 valence electrons. The summed E-state index contributed by atoms with van der Waals surface area (Å²) in [5, 5.41) is 33.0. The maximum absolute atomic E-state index is 16.9. The largest absolute Gasteiger partial charge is 0.508 e. The maximum Gasteiger partial charge on any atom is 0.348 e. The number of aliphatic carboxylic acids is 1. The number of hydrogen-bond donors (Lipinski definition) is 5. The molecular formula is C27H21F3N2O4. The average molecular weight is 494 g/mol. The first-order chi connectivity index (χ1) is 17.0. The van der Waals surface area contributed by atoms with Crippen molar-refractivity contribution in [1.82, 2.24) is 9.97 Å². The third kappa shape index (κ3) is 3.12. The molecule has 0 aliphatic heterocycles. The van der Waals surface area contributed by atoms with Crippen LogP contribution >= 0.6 is 0 Å². The highest BCUT2D eigenvalue weighted by atomic mass is 19.3. The molecule has 2 unspecified atom stereocenters. The first-order valence-electron chi connectivity index (χ1n) is 11.0. The number of nitrogens with one attached hydrogen (secondary N) is 2. The van der Waals surface area contributed by atoms with E-state index in [1.807, 2.05) is 0 Å². The number of aromatic amines is 2. The van der Waals surface area contributed by atoms with Crippen LogP contribution in [0.25, 0.3) is 21.8 Å². The zero-order valence-corrected chi connectivity index (χ0v) is 18.9. The molecule has 6 nitrogen and oxygen atoms in total. The van der Waals surface area contributed by atoms with Gasteiger partial charge in [0.25, 0.3) is 5.60 Å². The minimum Gasteiger partial charge on any atom is -0.508 e. The third-order valence-corrected chi connectivity index (χ3v) is 6.88. The van der Waals surface area contributed by atoms with Gasteiger partial charge in [0.15, 0.2) is 0 Å². The molecule has 5 rings (SSSR count). The summed E-state index contributed by atoms with van der Waals surface area (Å²) in [6, 6.07) is 18.0. The Morgan fingerprint density at radius 1 is 0.833 bits per heavy atom. The molecule has 36 heavy (non-hydrogen) atoms. The van der Waals surface area contributed by atoms with Crippen LogP contribution in [0.15, 0.2) is 78.9 Å². The molecular weight excluding hydrogens is 473 g/mol. The van der Waals surface area contributed by atoms with E-state index in [9.17, 15) is 24.5 Å². The number of halogens is 3. The molecule has 5 aromatic rings. The van der Waals surface area contributed by atoms with Crippen LogP contribution in [0.4, 0.5) is 13.2 Å². The van der Waals surface area contributed by atoms with Gasteiger partial charge in [-0.15, -0.1) is 0 Å². The molecule has 2 heterocycles. The number of aromatic nitrogens is 2. The summed E-state index contributed by atoms with van der Waals surface area (Å²) in [6.45, 7) is 0.961. The number of benzene rings is 3. The summed E-state index contributed by atoms with van der Waals surface area (Å²) >= 11 is 0. The van der Waals surface area contributed by atoms with Gasteiger partial charge in [0.05, 0.1) is 5.69 Å². The van der Waals surface area contributed by atoms with Crippen molar-refractivity contribution in [3.05, 3.63) is 102 Å². The van der Waals surface area contributed by atoms with Gasteiger partial charge in [-0.2, -0.15) is 0 Å². The summed E-state index contributed by atoms with van der Waals surface area (Å²) in [4.78, 5) is 17.9. The van der Waals surface area contributed by atoms with Gasteiger partial charge in [-0.3, -0.25) is 0 Å². The molecule has 0 radical (unpaired) electrons. The molecule has 2 aromatic heterocycles. The Balaban J connectivity index is 1.84. The second kappa shape index (κ2) is 7.89. The number of hydrogen-bond acceptors (Lipinski definition) is 3. The number of rotatable bonds is 6. The zero-order valence-electron chi connectivity index (χ0n) is 18.9. The van der Waals surface area contributed by atoms with E-state index in [1.54, 1.807) is 48.5 Å². The van der Waals surface area contributed by atoms with Crippen LogP contribution in [-0.2, 0) is 15.8 Å². The zero-order chi connectivity index (χ0) is 25.9. The van der Waals surface area contributed by atoms with E-state index >= 15 is 8.78 Å². The van der Waals surface area contributed by atoms with Gasteiger partial charge in [-0.25, -0.2) is 18.0 Å². The van der Waals surface area contributed by atoms with Crippen LogP contribution in [0.2, 0.25) is 0 Å². The van der Waals surface area contributed by atoms with Crippen molar-refractivity contribution < 1.29 is 33.3 Å². The van der Waals surface area contributed by atoms with E-state index in [1.165, 1.54) is 6.07 Å². The number of phenolic OH excluding ortho intramolecular Hbond substituents is 1. The standard InChI is InChI=1S/C27H21F3N2O4/c1-25(18-14-17(28)10-11-21(18)33,22-12-15-6-2-4-8-19(15)31-22)27(29,30)26(36,24(34)35)23-13-16-7-3-5-9-20(16)32-23/h2-14,31-33,36H,1H3,(H,34,35). The van der Waals surface area contributed by atoms with Crippen molar-refractivity contribution in [3.8, 4) is 5.75 Å². The lowest BCUT2D eigenvalue weighted by atomic mass is 9.66. The lowest BCUT2D eigenvalue weighted by molar-refractivity contribution is -0.230. The smallest absolute Gasteiger partial charge is 0.348 e. The predicted octanol–water partition coefficient (Wildman–Crippen LogP) is 5.41. The predicted molar refractivity (Wildman–Crippen MR) is 128 cm³/mol. The first-order valence-corrected chi connectivity index (χ1v) is 11.0. The fraction of sp³-hybridized carbons (Fsp3) is 0.148. The van der Waals surface area contributed by atoms with E-state index in [4.69, 9.17) is 0 Å². The number of alkyl halides is 2. The van der Waals surface area contributed by atoms with Crippen LogP contribution in [0.5, 0.6) is 5.75 Å². The molecule has 0 amide bonds. The van der Waals surface area contributed by atoms with E-state index in [-0.39, 0.29) is 5.69 Å². The Morgan fingerprint density at radius 2 is 1.36 bits per heavy atom. The lowest BCUT2D eigenvalue weighted by Crippen LogP contribution is -2.62. The summed E-state index contributed by atoms with van der Waals surface area (Å²) in [5.74, 6) is -8.40. The monoisotopic (exact) mass is 494 g/mol. The van der Waals surface area contributed by atoms with E-state index in [0.29, 0.717) is 27.9 Å². The quantitative estimate of drug-likeness (QED) is 0.218. The van der Waals surface area contributed by atoms with Crippen molar-refractivity contribution in [2.24, 2.45) is 0 Å². The number of carboxylic acids is 1. The Bertz CT molecular complexity index is 1560. The van der Waals surface area contributed by atoms with Crippen molar-refractivity contribution in [2.75, 3.05) is 0 Å². The molecule has 0 fully saturated rings. The van der Waals surface area contributed by atoms with Crippen molar-refractivity contribution in [2.45, 2.75) is 23.9 Å². The molecule has 5 N–H and O–H groups in total.